The Bertz CT molecular complexity index is 634. The number of hydrogen-bond donors (Lipinski definition) is 0. The van der Waals surface area contributed by atoms with Crippen LogP contribution in [0.3, 0.4) is 0 Å². The summed E-state index contributed by atoms with van der Waals surface area (Å²) in [6.07, 6.45) is 0.824. The molecule has 5 heteroatoms. The van der Waals surface area contributed by atoms with Gasteiger partial charge in [0, 0.05) is 0 Å². The smallest absolute Gasteiger partial charge is 0.347 e. The third-order valence-electron chi connectivity index (χ3n) is 3.15. The second kappa shape index (κ2) is 5.40. The molecular formula is C14H18N2O3. The summed E-state index contributed by atoms with van der Waals surface area (Å²) < 4.78 is 10.4. The molecule has 2 rings (SSSR count). The lowest BCUT2D eigenvalue weighted by atomic mass is 10.2. The predicted octanol–water partition coefficient (Wildman–Crippen LogP) is 2.21. The van der Waals surface area contributed by atoms with Crippen LogP contribution in [0.5, 0.6) is 5.75 Å². The van der Waals surface area contributed by atoms with Crippen LogP contribution in [-0.4, -0.2) is 31.1 Å². The van der Waals surface area contributed by atoms with Gasteiger partial charge in [-0.3, -0.25) is 4.90 Å². The molecule has 0 aliphatic carbocycles. The molecule has 0 fully saturated rings. The van der Waals surface area contributed by atoms with Crippen molar-refractivity contribution in [1.82, 2.24) is 9.88 Å². The van der Waals surface area contributed by atoms with E-state index in [4.69, 9.17) is 9.15 Å². The highest BCUT2D eigenvalue weighted by Gasteiger charge is 2.18. The van der Waals surface area contributed by atoms with Crippen LogP contribution in [-0.2, 0) is 0 Å². The standard InChI is InChI=1S/C14H18N2O3/c1-5-12(16(2)3)13-15-11-7-6-9(18-4)8-10(11)14(17)19-13/h6-8,12H,5H2,1-4H3. The fourth-order valence-corrected chi connectivity index (χ4v) is 2.10. The van der Waals surface area contributed by atoms with Crippen molar-refractivity contribution in [2.45, 2.75) is 19.4 Å². The van der Waals surface area contributed by atoms with Crippen molar-refractivity contribution in [1.29, 1.82) is 0 Å². The van der Waals surface area contributed by atoms with E-state index in [9.17, 15) is 4.79 Å². The van der Waals surface area contributed by atoms with E-state index >= 15 is 0 Å². The Morgan fingerprint density at radius 1 is 1.42 bits per heavy atom. The van der Waals surface area contributed by atoms with E-state index in [0.29, 0.717) is 22.5 Å². The van der Waals surface area contributed by atoms with Gasteiger partial charge in [0.25, 0.3) is 0 Å². The third-order valence-corrected chi connectivity index (χ3v) is 3.15. The molecule has 1 atom stereocenters. The minimum absolute atomic E-state index is 0.000739. The Balaban J connectivity index is 2.59. The second-order valence-corrected chi connectivity index (χ2v) is 4.61. The summed E-state index contributed by atoms with van der Waals surface area (Å²) in [6.45, 7) is 2.03. The molecule has 1 aromatic heterocycles. The van der Waals surface area contributed by atoms with Gasteiger partial charge < -0.3 is 9.15 Å². The number of rotatable bonds is 4. The number of nitrogens with zero attached hydrogens (tertiary/aromatic N) is 2. The number of ether oxygens (including phenoxy) is 1. The predicted molar refractivity (Wildman–Crippen MR) is 73.6 cm³/mol. The largest absolute Gasteiger partial charge is 0.497 e. The molecule has 0 aliphatic heterocycles. The average Bonchev–Trinajstić information content (AvgIpc) is 2.39. The number of methoxy groups -OCH3 is 1. The second-order valence-electron chi connectivity index (χ2n) is 4.61. The molecule has 19 heavy (non-hydrogen) atoms. The lowest BCUT2D eigenvalue weighted by Gasteiger charge is -2.20. The summed E-state index contributed by atoms with van der Waals surface area (Å²) in [5, 5.41) is 0.441. The lowest BCUT2D eigenvalue weighted by Crippen LogP contribution is -2.22. The van der Waals surface area contributed by atoms with Crippen LogP contribution in [0.25, 0.3) is 10.9 Å². The van der Waals surface area contributed by atoms with Gasteiger partial charge in [0.05, 0.1) is 24.1 Å². The van der Waals surface area contributed by atoms with Crippen LogP contribution in [0, 0.1) is 0 Å². The van der Waals surface area contributed by atoms with Crippen molar-refractivity contribution in [3.63, 3.8) is 0 Å². The van der Waals surface area contributed by atoms with Gasteiger partial charge in [-0.05, 0) is 38.7 Å². The van der Waals surface area contributed by atoms with Gasteiger partial charge in [0.2, 0.25) is 5.89 Å². The lowest BCUT2D eigenvalue weighted by molar-refractivity contribution is 0.234. The number of hydrogen-bond acceptors (Lipinski definition) is 5. The summed E-state index contributed by atoms with van der Waals surface area (Å²) >= 11 is 0. The number of aromatic nitrogens is 1. The van der Waals surface area contributed by atoms with Crippen molar-refractivity contribution >= 4 is 10.9 Å². The van der Waals surface area contributed by atoms with Crippen LogP contribution < -0.4 is 10.4 Å². The first-order valence-electron chi connectivity index (χ1n) is 6.22. The van der Waals surface area contributed by atoms with E-state index in [1.165, 1.54) is 0 Å². The summed E-state index contributed by atoms with van der Waals surface area (Å²) in [5.74, 6) is 1.07. The molecule has 2 aromatic rings. The minimum Gasteiger partial charge on any atom is -0.497 e. The minimum atomic E-state index is -0.376. The van der Waals surface area contributed by atoms with Crippen LogP contribution >= 0.6 is 0 Å². The maximum atomic E-state index is 12.0. The quantitative estimate of drug-likeness (QED) is 0.845. The Labute approximate surface area is 111 Å². The van der Waals surface area contributed by atoms with Gasteiger partial charge in [-0.1, -0.05) is 6.92 Å². The fraction of sp³-hybridized carbons (Fsp3) is 0.429. The maximum Gasteiger partial charge on any atom is 0.347 e. The van der Waals surface area contributed by atoms with Crippen molar-refractivity contribution in [3.05, 3.63) is 34.5 Å². The summed E-state index contributed by atoms with van der Waals surface area (Å²) in [4.78, 5) is 18.5. The van der Waals surface area contributed by atoms with Crippen LogP contribution in [0.1, 0.15) is 25.3 Å². The highest BCUT2D eigenvalue weighted by atomic mass is 16.5. The average molecular weight is 262 g/mol. The van der Waals surface area contributed by atoms with E-state index in [1.807, 2.05) is 25.9 Å². The van der Waals surface area contributed by atoms with Crippen LogP contribution in [0.15, 0.2) is 27.4 Å². The van der Waals surface area contributed by atoms with Gasteiger partial charge in [0.15, 0.2) is 0 Å². The fourth-order valence-electron chi connectivity index (χ4n) is 2.10. The van der Waals surface area contributed by atoms with Gasteiger partial charge in [-0.15, -0.1) is 0 Å². The van der Waals surface area contributed by atoms with Crippen molar-refractivity contribution in [3.8, 4) is 5.75 Å². The van der Waals surface area contributed by atoms with Crippen LogP contribution in [0.2, 0.25) is 0 Å². The van der Waals surface area contributed by atoms with Crippen LogP contribution in [0.4, 0.5) is 0 Å². The van der Waals surface area contributed by atoms with E-state index in [2.05, 4.69) is 4.98 Å². The summed E-state index contributed by atoms with van der Waals surface area (Å²) in [5.41, 5.74) is 0.256. The van der Waals surface area contributed by atoms with Gasteiger partial charge in [-0.2, -0.15) is 0 Å². The molecule has 0 saturated heterocycles. The maximum absolute atomic E-state index is 12.0. The first-order valence-corrected chi connectivity index (χ1v) is 6.22. The molecule has 102 valence electrons. The Kier molecular flexibility index (Phi) is 3.85. The molecule has 5 nitrogen and oxygen atoms in total. The van der Waals surface area contributed by atoms with Gasteiger partial charge in [0.1, 0.15) is 5.75 Å². The Morgan fingerprint density at radius 3 is 2.74 bits per heavy atom. The number of fused-ring (bicyclic) bond motifs is 1. The first-order chi connectivity index (χ1) is 9.06. The zero-order valence-electron chi connectivity index (χ0n) is 11.6. The zero-order valence-corrected chi connectivity index (χ0v) is 11.6. The van der Waals surface area contributed by atoms with Gasteiger partial charge >= 0.3 is 5.63 Å². The molecule has 0 aliphatic rings. The van der Waals surface area contributed by atoms with Crippen molar-refractivity contribution < 1.29 is 9.15 Å². The first kappa shape index (κ1) is 13.5. The van der Waals surface area contributed by atoms with E-state index in [1.54, 1.807) is 25.3 Å². The third kappa shape index (κ3) is 2.61. The highest BCUT2D eigenvalue weighted by Crippen LogP contribution is 2.22. The Morgan fingerprint density at radius 2 is 2.16 bits per heavy atom. The molecule has 1 heterocycles. The van der Waals surface area contributed by atoms with Crippen molar-refractivity contribution in [2.75, 3.05) is 21.2 Å². The molecule has 0 radical (unpaired) electrons. The molecule has 0 bridgehead atoms. The zero-order chi connectivity index (χ0) is 14.0. The molecule has 0 amide bonds. The summed E-state index contributed by atoms with van der Waals surface area (Å²) in [6, 6.07) is 5.21. The topological polar surface area (TPSA) is 55.6 Å². The van der Waals surface area contributed by atoms with Crippen molar-refractivity contribution in [2.24, 2.45) is 0 Å². The summed E-state index contributed by atoms with van der Waals surface area (Å²) in [7, 11) is 5.44. The van der Waals surface area contributed by atoms with E-state index in [-0.39, 0.29) is 11.7 Å². The normalized spacial score (nSPS) is 12.9. The van der Waals surface area contributed by atoms with E-state index < -0.39 is 0 Å². The molecule has 1 unspecified atom stereocenters. The number of benzene rings is 1. The highest BCUT2D eigenvalue weighted by molar-refractivity contribution is 5.78. The SMILES string of the molecule is CCC(c1nc2ccc(OC)cc2c(=O)o1)N(C)C. The molecular weight excluding hydrogens is 244 g/mol. The molecule has 0 saturated carbocycles. The monoisotopic (exact) mass is 262 g/mol. The van der Waals surface area contributed by atoms with E-state index in [0.717, 1.165) is 6.42 Å². The van der Waals surface area contributed by atoms with Gasteiger partial charge in [-0.25, -0.2) is 9.78 Å². The molecule has 0 spiro atoms. The molecule has 0 N–H and O–H groups in total. The Hall–Kier alpha value is -1.88. The molecule has 1 aromatic carbocycles.